The Kier molecular flexibility index (Phi) is 5.19. The van der Waals surface area contributed by atoms with Gasteiger partial charge in [0.25, 0.3) is 0 Å². The molecular weight excluding hydrogens is 264 g/mol. The van der Waals surface area contributed by atoms with Gasteiger partial charge in [-0.25, -0.2) is 0 Å². The summed E-state index contributed by atoms with van der Waals surface area (Å²) in [7, 11) is 3.28. The van der Waals surface area contributed by atoms with Crippen LogP contribution in [0, 0.1) is 11.3 Å². The zero-order valence-electron chi connectivity index (χ0n) is 12.2. The van der Waals surface area contributed by atoms with E-state index in [1.807, 2.05) is 36.4 Å². The highest BCUT2D eigenvalue weighted by Crippen LogP contribution is 2.28. The Morgan fingerprint density at radius 3 is 2.38 bits per heavy atom. The molecule has 0 saturated heterocycles. The van der Waals surface area contributed by atoms with Crippen molar-refractivity contribution in [2.45, 2.75) is 13.2 Å². The van der Waals surface area contributed by atoms with Crippen molar-refractivity contribution in [2.24, 2.45) is 0 Å². The van der Waals surface area contributed by atoms with Crippen LogP contribution < -0.4 is 10.1 Å². The van der Waals surface area contributed by atoms with Gasteiger partial charge in [-0.1, -0.05) is 30.3 Å². The lowest BCUT2D eigenvalue weighted by atomic mass is 10.1. The Hall–Kier alpha value is -2.51. The van der Waals surface area contributed by atoms with Crippen molar-refractivity contribution in [2.75, 3.05) is 19.5 Å². The van der Waals surface area contributed by atoms with Crippen molar-refractivity contribution in [1.29, 1.82) is 5.26 Å². The minimum absolute atomic E-state index is 0.574. The number of nitrogens with one attached hydrogen (secondary N) is 1. The highest BCUT2D eigenvalue weighted by molar-refractivity contribution is 5.66. The van der Waals surface area contributed by atoms with E-state index in [4.69, 9.17) is 9.47 Å². The van der Waals surface area contributed by atoms with E-state index in [0.29, 0.717) is 24.5 Å². The molecule has 108 valence electrons. The Bertz CT molecular complexity index is 630. The van der Waals surface area contributed by atoms with Gasteiger partial charge in [-0.3, -0.25) is 0 Å². The zero-order valence-corrected chi connectivity index (χ0v) is 12.2. The molecule has 0 aliphatic rings. The SMILES string of the molecule is COCc1ccc(CNc2c(C#N)cccc2OC)cc1. The number of rotatable bonds is 6. The van der Waals surface area contributed by atoms with E-state index < -0.39 is 0 Å². The predicted molar refractivity (Wildman–Crippen MR) is 82.2 cm³/mol. The van der Waals surface area contributed by atoms with Crippen molar-refractivity contribution in [3.63, 3.8) is 0 Å². The maximum Gasteiger partial charge on any atom is 0.143 e. The molecule has 4 nitrogen and oxygen atoms in total. The first-order valence-corrected chi connectivity index (χ1v) is 6.66. The van der Waals surface area contributed by atoms with Crippen LogP contribution >= 0.6 is 0 Å². The summed E-state index contributed by atoms with van der Waals surface area (Å²) in [5.74, 6) is 0.671. The molecule has 1 N–H and O–H groups in total. The fourth-order valence-corrected chi connectivity index (χ4v) is 2.09. The van der Waals surface area contributed by atoms with Crippen LogP contribution in [0.2, 0.25) is 0 Å². The third-order valence-corrected chi connectivity index (χ3v) is 3.17. The van der Waals surface area contributed by atoms with Gasteiger partial charge in [-0.2, -0.15) is 5.26 Å². The summed E-state index contributed by atoms with van der Waals surface area (Å²) in [5.41, 5.74) is 3.56. The van der Waals surface area contributed by atoms with E-state index in [0.717, 1.165) is 16.8 Å². The molecule has 2 rings (SSSR count). The largest absolute Gasteiger partial charge is 0.495 e. The summed E-state index contributed by atoms with van der Waals surface area (Å²) < 4.78 is 10.4. The van der Waals surface area contributed by atoms with Crippen molar-refractivity contribution in [3.05, 3.63) is 59.2 Å². The predicted octanol–water partition coefficient (Wildman–Crippen LogP) is 3.33. The van der Waals surface area contributed by atoms with Gasteiger partial charge in [0, 0.05) is 13.7 Å². The van der Waals surface area contributed by atoms with Gasteiger partial charge >= 0.3 is 0 Å². The minimum Gasteiger partial charge on any atom is -0.495 e. The summed E-state index contributed by atoms with van der Waals surface area (Å²) in [6.07, 6.45) is 0. The quantitative estimate of drug-likeness (QED) is 0.883. The first-order chi connectivity index (χ1) is 10.3. The molecule has 0 aliphatic carbocycles. The molecule has 2 aromatic rings. The van der Waals surface area contributed by atoms with Crippen LogP contribution in [0.1, 0.15) is 16.7 Å². The van der Waals surface area contributed by atoms with Crippen LogP contribution in [0.3, 0.4) is 0 Å². The van der Waals surface area contributed by atoms with Crippen LogP contribution in [0.25, 0.3) is 0 Å². The highest BCUT2D eigenvalue weighted by Gasteiger charge is 2.08. The van der Waals surface area contributed by atoms with E-state index in [1.54, 1.807) is 20.3 Å². The molecule has 0 bridgehead atoms. The topological polar surface area (TPSA) is 54.3 Å². The van der Waals surface area contributed by atoms with Gasteiger partial charge in [-0.05, 0) is 23.3 Å². The van der Waals surface area contributed by atoms with Crippen LogP contribution in [-0.2, 0) is 17.9 Å². The van der Waals surface area contributed by atoms with Crippen molar-refractivity contribution >= 4 is 5.69 Å². The molecule has 0 atom stereocenters. The van der Waals surface area contributed by atoms with E-state index in [2.05, 4.69) is 11.4 Å². The van der Waals surface area contributed by atoms with Crippen molar-refractivity contribution < 1.29 is 9.47 Å². The molecule has 0 saturated carbocycles. The van der Waals surface area contributed by atoms with Gasteiger partial charge < -0.3 is 14.8 Å². The third-order valence-electron chi connectivity index (χ3n) is 3.17. The molecule has 0 amide bonds. The van der Waals surface area contributed by atoms with Crippen LogP contribution in [0.4, 0.5) is 5.69 Å². The Balaban J connectivity index is 2.11. The maximum atomic E-state index is 9.17. The smallest absolute Gasteiger partial charge is 0.143 e. The summed E-state index contributed by atoms with van der Waals surface area (Å²) >= 11 is 0. The van der Waals surface area contributed by atoms with E-state index in [9.17, 15) is 5.26 Å². The number of nitrogens with zero attached hydrogens (tertiary/aromatic N) is 1. The lowest BCUT2D eigenvalue weighted by Crippen LogP contribution is -2.03. The molecular formula is C17H18N2O2. The van der Waals surface area contributed by atoms with Gasteiger partial charge in [0.1, 0.15) is 11.8 Å². The molecule has 0 aliphatic heterocycles. The van der Waals surface area contributed by atoms with Gasteiger partial charge in [0.05, 0.1) is 25.0 Å². The molecule has 4 heteroatoms. The number of anilines is 1. The van der Waals surface area contributed by atoms with Crippen LogP contribution in [0.5, 0.6) is 5.75 Å². The van der Waals surface area contributed by atoms with E-state index in [-0.39, 0.29) is 0 Å². The summed E-state index contributed by atoms with van der Waals surface area (Å²) in [5, 5.41) is 12.4. The average Bonchev–Trinajstić information content (AvgIpc) is 2.54. The van der Waals surface area contributed by atoms with Crippen molar-refractivity contribution in [3.8, 4) is 11.8 Å². The molecule has 0 radical (unpaired) electrons. The Morgan fingerprint density at radius 1 is 1.05 bits per heavy atom. The Labute approximate surface area is 124 Å². The molecule has 0 fully saturated rings. The number of hydrogen-bond acceptors (Lipinski definition) is 4. The normalized spacial score (nSPS) is 9.95. The summed E-state index contributed by atoms with van der Waals surface area (Å²) in [6.45, 7) is 1.24. The molecule has 0 spiro atoms. The van der Waals surface area contributed by atoms with Crippen LogP contribution in [0.15, 0.2) is 42.5 Å². The third kappa shape index (κ3) is 3.74. The van der Waals surface area contributed by atoms with Crippen molar-refractivity contribution in [1.82, 2.24) is 0 Å². The van der Waals surface area contributed by atoms with Gasteiger partial charge in [0.2, 0.25) is 0 Å². The minimum atomic E-state index is 0.574. The first-order valence-electron chi connectivity index (χ1n) is 6.66. The van der Waals surface area contributed by atoms with E-state index in [1.165, 1.54) is 0 Å². The standard InChI is InChI=1S/C17H18N2O2/c1-20-12-14-8-6-13(7-9-14)11-19-17-15(10-18)4-3-5-16(17)21-2/h3-9,19H,11-12H2,1-2H3. The average molecular weight is 282 g/mol. The monoisotopic (exact) mass is 282 g/mol. The molecule has 0 aromatic heterocycles. The number of hydrogen-bond donors (Lipinski definition) is 1. The first kappa shape index (κ1) is 14.9. The number of benzene rings is 2. The van der Waals surface area contributed by atoms with Crippen LogP contribution in [-0.4, -0.2) is 14.2 Å². The molecule has 0 unspecified atom stereocenters. The summed E-state index contributed by atoms with van der Waals surface area (Å²) in [4.78, 5) is 0. The molecule has 0 heterocycles. The number of para-hydroxylation sites is 1. The Morgan fingerprint density at radius 2 is 1.76 bits per heavy atom. The van der Waals surface area contributed by atoms with Gasteiger partial charge in [0.15, 0.2) is 0 Å². The number of ether oxygens (including phenoxy) is 2. The highest BCUT2D eigenvalue weighted by atomic mass is 16.5. The second-order valence-corrected chi connectivity index (χ2v) is 4.60. The molecule has 2 aromatic carbocycles. The fourth-order valence-electron chi connectivity index (χ4n) is 2.09. The second kappa shape index (κ2) is 7.32. The number of nitriles is 1. The second-order valence-electron chi connectivity index (χ2n) is 4.60. The van der Waals surface area contributed by atoms with E-state index >= 15 is 0 Å². The maximum absolute atomic E-state index is 9.17. The lowest BCUT2D eigenvalue weighted by Gasteiger charge is -2.13. The number of methoxy groups -OCH3 is 2. The fraction of sp³-hybridized carbons (Fsp3) is 0.235. The van der Waals surface area contributed by atoms with Gasteiger partial charge in [-0.15, -0.1) is 0 Å². The molecule has 21 heavy (non-hydrogen) atoms. The lowest BCUT2D eigenvalue weighted by molar-refractivity contribution is 0.185. The zero-order chi connectivity index (χ0) is 15.1. The summed E-state index contributed by atoms with van der Waals surface area (Å²) in [6, 6.07) is 15.7.